The van der Waals surface area contributed by atoms with Crippen molar-refractivity contribution in [2.75, 3.05) is 14.1 Å². The maximum absolute atomic E-state index is 9.43. The van der Waals surface area contributed by atoms with E-state index in [1.807, 2.05) is 6.92 Å². The van der Waals surface area contributed by atoms with Crippen molar-refractivity contribution in [2.24, 2.45) is 0 Å². The molecule has 0 saturated heterocycles. The van der Waals surface area contributed by atoms with Crippen LogP contribution in [0.3, 0.4) is 0 Å². The summed E-state index contributed by atoms with van der Waals surface area (Å²) in [6.45, 7) is 4.05. The first-order chi connectivity index (χ1) is 7.47. The number of nitrogens with zero attached hydrogens (tertiary/aromatic N) is 1. The minimum atomic E-state index is -0.244. The lowest BCUT2D eigenvalue weighted by molar-refractivity contribution is 0.133. The van der Waals surface area contributed by atoms with Crippen molar-refractivity contribution < 1.29 is 5.11 Å². The van der Waals surface area contributed by atoms with Gasteiger partial charge in [0.15, 0.2) is 0 Å². The topological polar surface area (TPSA) is 23.5 Å². The summed E-state index contributed by atoms with van der Waals surface area (Å²) in [4.78, 5) is 2.17. The van der Waals surface area contributed by atoms with Gasteiger partial charge < -0.3 is 10.0 Å². The molecular weight excluding hydrogens is 257 g/mol. The molecule has 0 spiro atoms. The van der Waals surface area contributed by atoms with Gasteiger partial charge in [-0.15, -0.1) is 24.0 Å². The smallest absolute Gasteiger partial charge is 0.0527 e. The third-order valence-electron chi connectivity index (χ3n) is 2.99. The van der Waals surface area contributed by atoms with Crippen LogP contribution in [-0.2, 0) is 0 Å². The fourth-order valence-corrected chi connectivity index (χ4v) is 2.30. The number of alkyl halides is 1. The lowest BCUT2D eigenvalue weighted by atomic mass is 10.0. The van der Waals surface area contributed by atoms with Crippen LogP contribution < -0.4 is 0 Å². The number of unbranched alkanes of at least 4 members (excludes halogenated alkanes) is 2. The molecule has 0 amide bonds. The molecule has 0 saturated carbocycles. The number of halogens is 2. The van der Waals surface area contributed by atoms with Crippen LogP contribution in [0, 0.1) is 0 Å². The van der Waals surface area contributed by atoms with Crippen LogP contribution in [-0.4, -0.2) is 41.6 Å². The number of aliphatic hydroxyl groups excluding tert-OH is 1. The van der Waals surface area contributed by atoms with Crippen LogP contribution in [0.15, 0.2) is 0 Å². The van der Waals surface area contributed by atoms with Crippen LogP contribution in [0.25, 0.3) is 0 Å². The third-order valence-corrected chi connectivity index (χ3v) is 3.39. The summed E-state index contributed by atoms with van der Waals surface area (Å²) in [5.41, 5.74) is 0. The molecule has 0 heterocycles. The van der Waals surface area contributed by atoms with E-state index in [0.29, 0.717) is 6.04 Å². The zero-order valence-electron chi connectivity index (χ0n) is 11.7. The predicted octanol–water partition coefficient (Wildman–Crippen LogP) is 3.69. The minimum Gasteiger partial charge on any atom is -0.393 e. The predicted molar refractivity (Wildman–Crippen MR) is 79.4 cm³/mol. The fraction of sp³-hybridized carbons (Fsp3) is 1.00. The van der Waals surface area contributed by atoms with E-state index in [1.54, 1.807) is 0 Å². The first-order valence-corrected chi connectivity index (χ1v) is 6.89. The van der Waals surface area contributed by atoms with E-state index >= 15 is 0 Å². The highest BCUT2D eigenvalue weighted by molar-refractivity contribution is 6.20. The zero-order chi connectivity index (χ0) is 12.6. The van der Waals surface area contributed by atoms with Crippen LogP contribution >= 0.6 is 24.0 Å². The molecule has 0 bridgehead atoms. The third kappa shape index (κ3) is 11.3. The van der Waals surface area contributed by atoms with Crippen molar-refractivity contribution in [1.82, 2.24) is 4.90 Å². The van der Waals surface area contributed by atoms with Gasteiger partial charge in [-0.05, 0) is 40.3 Å². The van der Waals surface area contributed by atoms with E-state index in [1.165, 1.54) is 19.3 Å². The molecule has 0 aromatic rings. The van der Waals surface area contributed by atoms with Gasteiger partial charge in [-0.3, -0.25) is 0 Å². The SMILES string of the molecule is CCCCCC(Cl)CC(CC(C)O)N(C)C.Cl. The fourth-order valence-electron chi connectivity index (χ4n) is 1.94. The standard InChI is InChI=1S/C13H28ClNO.ClH/c1-5-6-7-8-12(14)10-13(15(3)4)9-11(2)16;/h11-13,16H,5-10H2,1-4H3;1H. The molecule has 1 N–H and O–H groups in total. The quantitative estimate of drug-likeness (QED) is 0.516. The Bertz CT molecular complexity index is 165. The molecule has 106 valence electrons. The molecule has 0 aliphatic heterocycles. The van der Waals surface area contributed by atoms with E-state index in [4.69, 9.17) is 11.6 Å². The van der Waals surface area contributed by atoms with Crippen molar-refractivity contribution in [3.63, 3.8) is 0 Å². The molecular formula is C13H29Cl2NO. The van der Waals surface area contributed by atoms with Crippen molar-refractivity contribution in [3.8, 4) is 0 Å². The summed E-state index contributed by atoms with van der Waals surface area (Å²) in [6, 6.07) is 0.393. The molecule has 3 unspecified atom stereocenters. The Kier molecular flexibility index (Phi) is 13.5. The summed E-state index contributed by atoms with van der Waals surface area (Å²) in [5.74, 6) is 0. The molecule has 0 aliphatic rings. The first kappa shape index (κ1) is 19.8. The van der Waals surface area contributed by atoms with E-state index in [0.717, 1.165) is 19.3 Å². The molecule has 0 radical (unpaired) electrons. The Morgan fingerprint density at radius 3 is 2.18 bits per heavy atom. The van der Waals surface area contributed by atoms with Crippen molar-refractivity contribution in [1.29, 1.82) is 0 Å². The molecule has 2 nitrogen and oxygen atoms in total. The Hall–Kier alpha value is 0.500. The molecule has 3 atom stereocenters. The second-order valence-electron chi connectivity index (χ2n) is 5.03. The Balaban J connectivity index is 0. The molecule has 0 aromatic heterocycles. The lowest BCUT2D eigenvalue weighted by Gasteiger charge is -2.27. The van der Waals surface area contributed by atoms with Gasteiger partial charge in [0.25, 0.3) is 0 Å². The van der Waals surface area contributed by atoms with E-state index in [-0.39, 0.29) is 23.9 Å². The highest BCUT2D eigenvalue weighted by atomic mass is 35.5. The maximum atomic E-state index is 9.43. The summed E-state index contributed by atoms with van der Waals surface area (Å²) >= 11 is 6.33. The van der Waals surface area contributed by atoms with Crippen molar-refractivity contribution in [2.45, 2.75) is 69.9 Å². The zero-order valence-corrected chi connectivity index (χ0v) is 13.2. The summed E-state index contributed by atoms with van der Waals surface area (Å²) in [5, 5.41) is 9.68. The second kappa shape index (κ2) is 11.6. The number of rotatable bonds is 9. The van der Waals surface area contributed by atoms with Gasteiger partial charge in [0.05, 0.1) is 6.10 Å². The van der Waals surface area contributed by atoms with Crippen LogP contribution in [0.4, 0.5) is 0 Å². The van der Waals surface area contributed by atoms with Gasteiger partial charge in [0.2, 0.25) is 0 Å². The largest absolute Gasteiger partial charge is 0.393 e. The van der Waals surface area contributed by atoms with Crippen LogP contribution in [0.5, 0.6) is 0 Å². The molecule has 0 aliphatic carbocycles. The van der Waals surface area contributed by atoms with Crippen molar-refractivity contribution >= 4 is 24.0 Å². The lowest BCUT2D eigenvalue weighted by Crippen LogP contribution is -2.33. The van der Waals surface area contributed by atoms with Crippen LogP contribution in [0.2, 0.25) is 0 Å². The number of hydrogen-bond donors (Lipinski definition) is 1. The average Bonchev–Trinajstić information content (AvgIpc) is 2.16. The van der Waals surface area contributed by atoms with E-state index in [9.17, 15) is 5.11 Å². The van der Waals surface area contributed by atoms with Crippen LogP contribution in [0.1, 0.15) is 52.4 Å². The summed E-state index contributed by atoms with van der Waals surface area (Å²) < 4.78 is 0. The minimum absolute atomic E-state index is 0. The van der Waals surface area contributed by atoms with Gasteiger partial charge in [0, 0.05) is 11.4 Å². The van der Waals surface area contributed by atoms with Gasteiger partial charge in [-0.1, -0.05) is 26.2 Å². The van der Waals surface area contributed by atoms with Crippen molar-refractivity contribution in [3.05, 3.63) is 0 Å². The first-order valence-electron chi connectivity index (χ1n) is 6.45. The molecule has 4 heteroatoms. The van der Waals surface area contributed by atoms with E-state index < -0.39 is 0 Å². The molecule has 17 heavy (non-hydrogen) atoms. The maximum Gasteiger partial charge on any atom is 0.0527 e. The molecule has 0 fully saturated rings. The number of hydrogen-bond acceptors (Lipinski definition) is 2. The van der Waals surface area contributed by atoms with Gasteiger partial charge in [-0.2, -0.15) is 0 Å². The molecule has 0 rings (SSSR count). The Labute approximate surface area is 118 Å². The highest BCUT2D eigenvalue weighted by Crippen LogP contribution is 2.19. The average molecular weight is 286 g/mol. The normalized spacial score (nSPS) is 16.4. The number of aliphatic hydroxyl groups is 1. The van der Waals surface area contributed by atoms with E-state index in [2.05, 4.69) is 25.9 Å². The summed E-state index contributed by atoms with van der Waals surface area (Å²) in [6.07, 6.45) is 6.37. The monoisotopic (exact) mass is 285 g/mol. The molecule has 0 aromatic carbocycles. The Morgan fingerprint density at radius 1 is 1.18 bits per heavy atom. The van der Waals surface area contributed by atoms with Gasteiger partial charge >= 0.3 is 0 Å². The second-order valence-corrected chi connectivity index (χ2v) is 5.65. The van der Waals surface area contributed by atoms with Gasteiger partial charge in [0.1, 0.15) is 0 Å². The Morgan fingerprint density at radius 2 is 1.76 bits per heavy atom. The van der Waals surface area contributed by atoms with Gasteiger partial charge in [-0.25, -0.2) is 0 Å². The highest BCUT2D eigenvalue weighted by Gasteiger charge is 2.18. The summed E-state index contributed by atoms with van der Waals surface area (Å²) in [7, 11) is 4.12.